The summed E-state index contributed by atoms with van der Waals surface area (Å²) in [5.41, 5.74) is 1.50. The van der Waals surface area contributed by atoms with Gasteiger partial charge in [-0.2, -0.15) is 4.98 Å². The van der Waals surface area contributed by atoms with Crippen molar-refractivity contribution >= 4 is 22.4 Å². The Kier molecular flexibility index (Phi) is 3.86. The van der Waals surface area contributed by atoms with E-state index in [0.717, 1.165) is 5.56 Å². The van der Waals surface area contributed by atoms with Crippen LogP contribution >= 0.6 is 11.6 Å². The second kappa shape index (κ2) is 5.79. The molecule has 4 nitrogen and oxygen atoms in total. The topological polar surface area (TPSA) is 56.0 Å². The van der Waals surface area contributed by atoms with Crippen LogP contribution < -0.4 is 0 Å². The first-order chi connectivity index (χ1) is 10.1. The average molecular weight is 319 g/mol. The van der Waals surface area contributed by atoms with Gasteiger partial charge >= 0.3 is 0 Å². The summed E-state index contributed by atoms with van der Waals surface area (Å²) in [4.78, 5) is 5.04. The van der Waals surface area contributed by atoms with Crippen molar-refractivity contribution in [2.24, 2.45) is 0 Å². The van der Waals surface area contributed by atoms with Gasteiger partial charge in [0.1, 0.15) is 0 Å². The molecular formula is C15H11ClN2O2S. The van der Waals surface area contributed by atoms with Gasteiger partial charge in [0.2, 0.25) is 5.82 Å². The van der Waals surface area contributed by atoms with Gasteiger partial charge in [-0.05, 0) is 36.4 Å². The summed E-state index contributed by atoms with van der Waals surface area (Å²) in [6.07, 6.45) is 1.62. The molecule has 6 heteroatoms. The van der Waals surface area contributed by atoms with Gasteiger partial charge in [-0.3, -0.25) is 4.21 Å². The van der Waals surface area contributed by atoms with Crippen LogP contribution in [0.3, 0.4) is 0 Å². The van der Waals surface area contributed by atoms with Crippen LogP contribution in [0.5, 0.6) is 0 Å². The minimum Gasteiger partial charge on any atom is -0.334 e. The maximum atomic E-state index is 11.8. The number of hydrogen-bond donors (Lipinski definition) is 0. The number of aromatic nitrogens is 2. The zero-order valence-corrected chi connectivity index (χ0v) is 12.7. The lowest BCUT2D eigenvalue weighted by atomic mass is 10.2. The molecule has 3 aromatic rings. The summed E-state index contributed by atoms with van der Waals surface area (Å²) in [5, 5.41) is 4.61. The summed E-state index contributed by atoms with van der Waals surface area (Å²) in [5.74, 6) is 0.823. The summed E-state index contributed by atoms with van der Waals surface area (Å²) in [7, 11) is -1.12. The van der Waals surface area contributed by atoms with Crippen molar-refractivity contribution in [3.05, 3.63) is 53.6 Å². The van der Waals surface area contributed by atoms with Crippen LogP contribution in [0.4, 0.5) is 0 Å². The smallest absolute Gasteiger partial charge is 0.259 e. The second-order valence-corrected chi connectivity index (χ2v) is 6.16. The van der Waals surface area contributed by atoms with Gasteiger partial charge in [0.25, 0.3) is 5.89 Å². The molecule has 0 aliphatic rings. The van der Waals surface area contributed by atoms with Crippen LogP contribution in [0.25, 0.3) is 22.8 Å². The number of nitrogens with zero attached hydrogens (tertiary/aromatic N) is 2. The molecular weight excluding hydrogens is 308 g/mol. The monoisotopic (exact) mass is 318 g/mol. The standard InChI is InChI=1S/C15H11ClN2O2S/c1-21(19)13-5-3-2-4-12(13)15-17-14(18-20-15)10-6-8-11(16)9-7-10/h2-9H,1H3/t21-/m1/s1. The van der Waals surface area contributed by atoms with Crippen molar-refractivity contribution in [1.82, 2.24) is 10.1 Å². The van der Waals surface area contributed by atoms with E-state index in [2.05, 4.69) is 10.1 Å². The minimum atomic E-state index is -1.12. The first-order valence-corrected chi connectivity index (χ1v) is 8.11. The lowest BCUT2D eigenvalue weighted by Crippen LogP contribution is -1.91. The number of hydrogen-bond acceptors (Lipinski definition) is 4. The number of halogens is 1. The van der Waals surface area contributed by atoms with Crippen molar-refractivity contribution in [3.63, 3.8) is 0 Å². The molecule has 1 aromatic heterocycles. The molecule has 0 fully saturated rings. The van der Waals surface area contributed by atoms with Gasteiger partial charge in [-0.1, -0.05) is 28.9 Å². The fourth-order valence-corrected chi connectivity index (χ4v) is 2.80. The number of rotatable bonds is 3. The molecule has 1 atom stereocenters. The minimum absolute atomic E-state index is 0.353. The predicted molar refractivity (Wildman–Crippen MR) is 82.5 cm³/mol. The summed E-state index contributed by atoms with van der Waals surface area (Å²) in [6.45, 7) is 0. The van der Waals surface area contributed by atoms with Gasteiger partial charge in [0.15, 0.2) is 0 Å². The SMILES string of the molecule is C[S@@](=O)c1ccccc1-c1nc(-c2ccc(Cl)cc2)no1. The molecule has 0 radical (unpaired) electrons. The van der Waals surface area contributed by atoms with Crippen LogP contribution in [0, 0.1) is 0 Å². The molecule has 0 aliphatic carbocycles. The van der Waals surface area contributed by atoms with Crippen LogP contribution in [-0.2, 0) is 10.8 Å². The third kappa shape index (κ3) is 2.89. The van der Waals surface area contributed by atoms with Crippen molar-refractivity contribution in [2.45, 2.75) is 4.90 Å². The van der Waals surface area contributed by atoms with Gasteiger partial charge in [0.05, 0.1) is 21.3 Å². The Morgan fingerprint density at radius 2 is 1.81 bits per heavy atom. The molecule has 0 N–H and O–H groups in total. The Labute approximate surface area is 129 Å². The molecule has 0 aliphatic heterocycles. The van der Waals surface area contributed by atoms with Gasteiger partial charge < -0.3 is 4.52 Å². The molecule has 0 saturated carbocycles. The summed E-state index contributed by atoms with van der Waals surface area (Å²) < 4.78 is 17.1. The summed E-state index contributed by atoms with van der Waals surface area (Å²) in [6, 6.07) is 14.5. The Morgan fingerprint density at radius 3 is 2.52 bits per heavy atom. The van der Waals surface area contributed by atoms with Crippen molar-refractivity contribution in [3.8, 4) is 22.8 Å². The highest BCUT2D eigenvalue weighted by atomic mass is 35.5. The van der Waals surface area contributed by atoms with E-state index >= 15 is 0 Å². The van der Waals surface area contributed by atoms with Crippen LogP contribution in [0.1, 0.15) is 0 Å². The zero-order chi connectivity index (χ0) is 14.8. The molecule has 106 valence electrons. The van der Waals surface area contributed by atoms with E-state index in [1.807, 2.05) is 30.3 Å². The fourth-order valence-electron chi connectivity index (χ4n) is 1.94. The molecule has 0 unspecified atom stereocenters. The molecule has 0 bridgehead atoms. The Morgan fingerprint density at radius 1 is 1.10 bits per heavy atom. The molecule has 3 rings (SSSR count). The molecule has 2 aromatic carbocycles. The van der Waals surface area contributed by atoms with Crippen molar-refractivity contribution in [1.29, 1.82) is 0 Å². The molecule has 0 spiro atoms. The second-order valence-electron chi connectivity index (χ2n) is 4.38. The normalized spacial score (nSPS) is 12.3. The highest BCUT2D eigenvalue weighted by molar-refractivity contribution is 7.84. The highest BCUT2D eigenvalue weighted by Crippen LogP contribution is 2.27. The Balaban J connectivity index is 2.03. The van der Waals surface area contributed by atoms with E-state index in [0.29, 0.717) is 27.2 Å². The van der Waals surface area contributed by atoms with Crippen molar-refractivity contribution in [2.75, 3.05) is 6.26 Å². The quantitative estimate of drug-likeness (QED) is 0.737. The van der Waals surface area contributed by atoms with E-state index in [1.165, 1.54) is 0 Å². The van der Waals surface area contributed by atoms with Gasteiger partial charge in [-0.15, -0.1) is 0 Å². The Bertz CT molecular complexity index is 799. The largest absolute Gasteiger partial charge is 0.334 e. The van der Waals surface area contributed by atoms with E-state index in [-0.39, 0.29) is 0 Å². The molecule has 0 amide bonds. The van der Waals surface area contributed by atoms with E-state index in [9.17, 15) is 4.21 Å². The van der Waals surface area contributed by atoms with E-state index < -0.39 is 10.8 Å². The third-order valence-corrected chi connectivity index (χ3v) is 4.18. The van der Waals surface area contributed by atoms with Crippen molar-refractivity contribution < 1.29 is 8.73 Å². The maximum Gasteiger partial charge on any atom is 0.259 e. The fraction of sp³-hybridized carbons (Fsp3) is 0.0667. The predicted octanol–water partition coefficient (Wildman–Crippen LogP) is 3.79. The first kappa shape index (κ1) is 14.0. The zero-order valence-electron chi connectivity index (χ0n) is 11.1. The van der Waals surface area contributed by atoms with Gasteiger partial charge in [-0.25, -0.2) is 0 Å². The lowest BCUT2D eigenvalue weighted by molar-refractivity contribution is 0.431. The Hall–Kier alpha value is -1.98. The van der Waals surface area contributed by atoms with Crippen LogP contribution in [0.15, 0.2) is 57.9 Å². The highest BCUT2D eigenvalue weighted by Gasteiger charge is 2.15. The molecule has 1 heterocycles. The first-order valence-electron chi connectivity index (χ1n) is 6.17. The molecule has 21 heavy (non-hydrogen) atoms. The summed E-state index contributed by atoms with van der Waals surface area (Å²) >= 11 is 5.86. The van der Waals surface area contributed by atoms with E-state index in [1.54, 1.807) is 24.5 Å². The van der Waals surface area contributed by atoms with Gasteiger partial charge in [0, 0.05) is 16.8 Å². The van der Waals surface area contributed by atoms with Crippen LogP contribution in [0.2, 0.25) is 5.02 Å². The third-order valence-electron chi connectivity index (χ3n) is 2.96. The number of benzene rings is 2. The van der Waals surface area contributed by atoms with E-state index in [4.69, 9.17) is 16.1 Å². The maximum absolute atomic E-state index is 11.8. The lowest BCUT2D eigenvalue weighted by Gasteiger charge is -2.01. The van der Waals surface area contributed by atoms with Crippen LogP contribution in [-0.4, -0.2) is 20.6 Å². The average Bonchev–Trinajstić information content (AvgIpc) is 2.97. The molecule has 0 saturated heterocycles.